The van der Waals surface area contributed by atoms with Crippen LogP contribution in [0.15, 0.2) is 36.4 Å². The Morgan fingerprint density at radius 3 is 2.40 bits per heavy atom. The molecule has 0 unspecified atom stereocenters. The Bertz CT molecular complexity index is 432. The van der Waals surface area contributed by atoms with Gasteiger partial charge in [0.1, 0.15) is 5.75 Å². The molecule has 0 amide bonds. The van der Waals surface area contributed by atoms with Gasteiger partial charge in [0.05, 0.1) is 0 Å². The molecule has 0 aliphatic rings. The van der Waals surface area contributed by atoms with Gasteiger partial charge in [-0.1, -0.05) is 45.0 Å². The smallest absolute Gasteiger partial charge is 0.116 e. The molecule has 2 aromatic carbocycles. The van der Waals surface area contributed by atoms with Crippen molar-refractivity contribution in [3.63, 3.8) is 0 Å². The van der Waals surface area contributed by atoms with Crippen LogP contribution >= 0.6 is 0 Å². The van der Waals surface area contributed by atoms with Gasteiger partial charge in [-0.2, -0.15) is 0 Å². The molecule has 0 aliphatic carbocycles. The summed E-state index contributed by atoms with van der Waals surface area (Å²) in [6.45, 7) is 6.10. The van der Waals surface area contributed by atoms with Crippen LogP contribution < -0.4 is 0 Å². The predicted molar refractivity (Wildman–Crippen MR) is 66.3 cm³/mol. The molecule has 0 aromatic heterocycles. The maximum atomic E-state index is 9.44. The Morgan fingerprint density at radius 1 is 1.07 bits per heavy atom. The van der Waals surface area contributed by atoms with E-state index in [1.807, 2.05) is 38.1 Å². The number of phenols is 1. The van der Waals surface area contributed by atoms with Crippen molar-refractivity contribution in [2.24, 2.45) is 0 Å². The minimum absolute atomic E-state index is 0.357. The summed E-state index contributed by atoms with van der Waals surface area (Å²) in [4.78, 5) is 0. The van der Waals surface area contributed by atoms with Crippen molar-refractivity contribution < 1.29 is 5.11 Å². The van der Waals surface area contributed by atoms with E-state index in [1.54, 1.807) is 6.07 Å². The zero-order valence-corrected chi connectivity index (χ0v) is 9.62. The van der Waals surface area contributed by atoms with Gasteiger partial charge in [-0.3, -0.25) is 0 Å². The van der Waals surface area contributed by atoms with Gasteiger partial charge in [-0.05, 0) is 34.9 Å². The Kier molecular flexibility index (Phi) is 4.17. The molecule has 0 saturated heterocycles. The van der Waals surface area contributed by atoms with E-state index in [-0.39, 0.29) is 0 Å². The summed E-state index contributed by atoms with van der Waals surface area (Å²) in [5.41, 5.74) is 1.20. The summed E-state index contributed by atoms with van der Waals surface area (Å²) in [5, 5.41) is 11.8. The molecular formula is C14H18O. The van der Waals surface area contributed by atoms with Crippen molar-refractivity contribution in [1.82, 2.24) is 0 Å². The third kappa shape index (κ3) is 2.50. The fourth-order valence-electron chi connectivity index (χ4n) is 1.67. The molecule has 80 valence electrons. The second kappa shape index (κ2) is 5.40. The molecule has 0 bridgehead atoms. The van der Waals surface area contributed by atoms with Crippen LogP contribution in [-0.2, 0) is 6.42 Å². The Balaban J connectivity index is 0.000000531. The summed E-state index contributed by atoms with van der Waals surface area (Å²) < 4.78 is 0. The van der Waals surface area contributed by atoms with Crippen LogP contribution in [0.2, 0.25) is 0 Å². The lowest BCUT2D eigenvalue weighted by Crippen LogP contribution is -1.82. The lowest BCUT2D eigenvalue weighted by atomic mass is 10.0. The quantitative estimate of drug-likeness (QED) is 0.737. The Labute approximate surface area is 91.4 Å². The maximum absolute atomic E-state index is 9.44. The van der Waals surface area contributed by atoms with E-state index in [2.05, 4.69) is 13.0 Å². The Morgan fingerprint density at radius 2 is 1.73 bits per heavy atom. The highest BCUT2D eigenvalue weighted by atomic mass is 16.3. The number of aromatic hydroxyl groups is 1. The van der Waals surface area contributed by atoms with Crippen molar-refractivity contribution in [3.8, 4) is 5.75 Å². The average Bonchev–Trinajstić information content (AvgIpc) is 2.30. The fourth-order valence-corrected chi connectivity index (χ4v) is 1.67. The summed E-state index contributed by atoms with van der Waals surface area (Å²) in [7, 11) is 0. The highest BCUT2D eigenvalue weighted by Gasteiger charge is 2.00. The van der Waals surface area contributed by atoms with E-state index in [0.29, 0.717) is 5.75 Å². The predicted octanol–water partition coefficient (Wildman–Crippen LogP) is 4.13. The SMILES string of the molecule is CC.CCc1cc(O)cc2ccccc12. The first kappa shape index (κ1) is 11.6. The van der Waals surface area contributed by atoms with Crippen LogP contribution in [0.1, 0.15) is 26.3 Å². The second-order valence-corrected chi connectivity index (χ2v) is 3.18. The zero-order valence-electron chi connectivity index (χ0n) is 9.62. The van der Waals surface area contributed by atoms with Crippen LogP contribution in [0.25, 0.3) is 10.8 Å². The molecule has 1 N–H and O–H groups in total. The van der Waals surface area contributed by atoms with Gasteiger partial charge < -0.3 is 5.11 Å². The average molecular weight is 202 g/mol. The molecule has 0 aliphatic heterocycles. The van der Waals surface area contributed by atoms with E-state index < -0.39 is 0 Å². The largest absolute Gasteiger partial charge is 0.508 e. The maximum Gasteiger partial charge on any atom is 0.116 e. The van der Waals surface area contributed by atoms with Crippen LogP contribution in [-0.4, -0.2) is 5.11 Å². The number of phenolic OH excluding ortho intramolecular Hbond substituents is 1. The first-order valence-corrected chi connectivity index (χ1v) is 5.52. The molecule has 0 radical (unpaired) electrons. The molecule has 0 fully saturated rings. The zero-order chi connectivity index (χ0) is 11.3. The van der Waals surface area contributed by atoms with Crippen LogP contribution in [0.3, 0.4) is 0 Å². The number of rotatable bonds is 1. The summed E-state index contributed by atoms with van der Waals surface area (Å²) in [6, 6.07) is 11.8. The molecule has 1 heteroatoms. The molecule has 1 nitrogen and oxygen atoms in total. The second-order valence-electron chi connectivity index (χ2n) is 3.18. The van der Waals surface area contributed by atoms with Crippen LogP contribution in [0, 0.1) is 0 Å². The number of aryl methyl sites for hydroxylation is 1. The van der Waals surface area contributed by atoms with E-state index in [0.717, 1.165) is 11.8 Å². The van der Waals surface area contributed by atoms with Gasteiger partial charge in [0, 0.05) is 0 Å². The highest BCUT2D eigenvalue weighted by molar-refractivity contribution is 5.87. The molecule has 0 spiro atoms. The Hall–Kier alpha value is -1.50. The lowest BCUT2D eigenvalue weighted by Gasteiger charge is -2.04. The standard InChI is InChI=1S/C12H12O.C2H6/c1-2-9-7-11(13)8-10-5-3-4-6-12(9)10;1-2/h3-8,13H,2H2,1H3;1-2H3. The molecular weight excluding hydrogens is 184 g/mol. The first-order chi connectivity index (χ1) is 7.31. The number of hydrogen-bond donors (Lipinski definition) is 1. The summed E-state index contributed by atoms with van der Waals surface area (Å²) in [6.07, 6.45) is 0.953. The molecule has 2 aromatic rings. The summed E-state index contributed by atoms with van der Waals surface area (Å²) in [5.74, 6) is 0.357. The van der Waals surface area contributed by atoms with Crippen LogP contribution in [0.4, 0.5) is 0 Å². The van der Waals surface area contributed by atoms with E-state index in [9.17, 15) is 5.11 Å². The van der Waals surface area contributed by atoms with Crippen molar-refractivity contribution in [2.45, 2.75) is 27.2 Å². The fraction of sp³-hybridized carbons (Fsp3) is 0.286. The normalized spacial score (nSPS) is 9.53. The van der Waals surface area contributed by atoms with Gasteiger partial charge in [-0.15, -0.1) is 0 Å². The van der Waals surface area contributed by atoms with Crippen molar-refractivity contribution >= 4 is 10.8 Å². The van der Waals surface area contributed by atoms with Crippen molar-refractivity contribution in [1.29, 1.82) is 0 Å². The third-order valence-electron chi connectivity index (χ3n) is 2.31. The highest BCUT2D eigenvalue weighted by Crippen LogP contribution is 2.24. The third-order valence-corrected chi connectivity index (χ3v) is 2.31. The number of hydrogen-bond acceptors (Lipinski definition) is 1. The van der Waals surface area contributed by atoms with Gasteiger partial charge in [0.25, 0.3) is 0 Å². The monoisotopic (exact) mass is 202 g/mol. The number of fused-ring (bicyclic) bond motifs is 1. The van der Waals surface area contributed by atoms with E-state index in [1.165, 1.54) is 10.9 Å². The molecule has 15 heavy (non-hydrogen) atoms. The molecule has 0 atom stereocenters. The topological polar surface area (TPSA) is 20.2 Å². The van der Waals surface area contributed by atoms with Gasteiger partial charge in [-0.25, -0.2) is 0 Å². The van der Waals surface area contributed by atoms with Gasteiger partial charge in [0.2, 0.25) is 0 Å². The summed E-state index contributed by atoms with van der Waals surface area (Å²) >= 11 is 0. The molecule has 0 saturated carbocycles. The minimum atomic E-state index is 0.357. The lowest BCUT2D eigenvalue weighted by molar-refractivity contribution is 0.475. The number of benzene rings is 2. The molecule has 0 heterocycles. The van der Waals surface area contributed by atoms with Crippen LogP contribution in [0.5, 0.6) is 5.75 Å². The van der Waals surface area contributed by atoms with E-state index >= 15 is 0 Å². The van der Waals surface area contributed by atoms with Gasteiger partial charge >= 0.3 is 0 Å². The van der Waals surface area contributed by atoms with Gasteiger partial charge in [0.15, 0.2) is 0 Å². The van der Waals surface area contributed by atoms with E-state index in [4.69, 9.17) is 0 Å². The first-order valence-electron chi connectivity index (χ1n) is 5.52. The van der Waals surface area contributed by atoms with Crippen molar-refractivity contribution in [2.75, 3.05) is 0 Å². The van der Waals surface area contributed by atoms with Crippen molar-refractivity contribution in [3.05, 3.63) is 42.0 Å². The molecule has 2 rings (SSSR count). The minimum Gasteiger partial charge on any atom is -0.508 e.